The summed E-state index contributed by atoms with van der Waals surface area (Å²) in [6, 6.07) is 29.5. The van der Waals surface area contributed by atoms with Crippen molar-refractivity contribution in [2.45, 2.75) is 13.0 Å². The predicted octanol–water partition coefficient (Wildman–Crippen LogP) is 4.50. The van der Waals surface area contributed by atoms with Gasteiger partial charge in [0, 0.05) is 25.1 Å². The Bertz CT molecular complexity index is 1050. The zero-order valence-electron chi connectivity index (χ0n) is 15.0. The SMILES string of the molecule is c1ccc(CN2CCc3nnc(-c4ccccc4)n3-c3ccccc32)cc1. The molecule has 2 heterocycles. The fourth-order valence-corrected chi connectivity index (χ4v) is 3.75. The van der Waals surface area contributed by atoms with Crippen LogP contribution in [0.2, 0.25) is 0 Å². The highest BCUT2D eigenvalue weighted by Gasteiger charge is 2.24. The van der Waals surface area contributed by atoms with E-state index in [1.54, 1.807) is 0 Å². The molecule has 0 saturated carbocycles. The van der Waals surface area contributed by atoms with Crippen LogP contribution in [-0.2, 0) is 13.0 Å². The number of aromatic nitrogens is 3. The highest BCUT2D eigenvalue weighted by atomic mass is 15.3. The van der Waals surface area contributed by atoms with Crippen molar-refractivity contribution in [2.24, 2.45) is 0 Å². The fraction of sp³-hybridized carbons (Fsp3) is 0.130. The third kappa shape index (κ3) is 2.89. The summed E-state index contributed by atoms with van der Waals surface area (Å²) in [6.07, 6.45) is 0.862. The molecule has 0 aliphatic carbocycles. The summed E-state index contributed by atoms with van der Waals surface area (Å²) in [7, 11) is 0. The third-order valence-electron chi connectivity index (χ3n) is 5.05. The van der Waals surface area contributed by atoms with Crippen LogP contribution in [0.25, 0.3) is 17.1 Å². The lowest BCUT2D eigenvalue weighted by Crippen LogP contribution is -2.24. The van der Waals surface area contributed by atoms with Gasteiger partial charge in [-0.2, -0.15) is 0 Å². The molecule has 0 bridgehead atoms. The second kappa shape index (κ2) is 6.72. The Morgan fingerprint density at radius 3 is 2.15 bits per heavy atom. The summed E-state index contributed by atoms with van der Waals surface area (Å²) in [5.41, 5.74) is 4.76. The number of anilines is 1. The Balaban J connectivity index is 1.62. The molecule has 0 atom stereocenters. The molecule has 1 aliphatic heterocycles. The zero-order valence-corrected chi connectivity index (χ0v) is 15.0. The summed E-state index contributed by atoms with van der Waals surface area (Å²) >= 11 is 0. The number of nitrogens with zero attached hydrogens (tertiary/aromatic N) is 4. The van der Waals surface area contributed by atoms with Crippen molar-refractivity contribution in [3.05, 3.63) is 96.3 Å². The van der Waals surface area contributed by atoms with Gasteiger partial charge in [0.1, 0.15) is 5.82 Å². The predicted molar refractivity (Wildman–Crippen MR) is 108 cm³/mol. The van der Waals surface area contributed by atoms with Crippen molar-refractivity contribution >= 4 is 5.69 Å². The molecule has 0 fully saturated rings. The van der Waals surface area contributed by atoms with Crippen LogP contribution in [-0.4, -0.2) is 21.3 Å². The van der Waals surface area contributed by atoms with E-state index in [9.17, 15) is 0 Å². The Morgan fingerprint density at radius 2 is 1.37 bits per heavy atom. The van der Waals surface area contributed by atoms with E-state index in [1.165, 1.54) is 11.3 Å². The van der Waals surface area contributed by atoms with E-state index in [1.807, 2.05) is 18.2 Å². The van der Waals surface area contributed by atoms with Gasteiger partial charge in [0.25, 0.3) is 0 Å². The third-order valence-corrected chi connectivity index (χ3v) is 5.05. The monoisotopic (exact) mass is 352 g/mol. The van der Waals surface area contributed by atoms with Gasteiger partial charge in [-0.25, -0.2) is 0 Å². The molecule has 4 nitrogen and oxygen atoms in total. The van der Waals surface area contributed by atoms with E-state index < -0.39 is 0 Å². The first kappa shape index (κ1) is 15.8. The van der Waals surface area contributed by atoms with Crippen LogP contribution in [0.5, 0.6) is 0 Å². The van der Waals surface area contributed by atoms with Gasteiger partial charge in [0.2, 0.25) is 0 Å². The molecule has 3 aromatic carbocycles. The van der Waals surface area contributed by atoms with Crippen LogP contribution in [0, 0.1) is 0 Å². The second-order valence-electron chi connectivity index (χ2n) is 6.79. The van der Waals surface area contributed by atoms with E-state index in [4.69, 9.17) is 0 Å². The smallest absolute Gasteiger partial charge is 0.168 e. The van der Waals surface area contributed by atoms with Gasteiger partial charge in [-0.1, -0.05) is 72.8 Å². The Labute approximate surface area is 158 Å². The van der Waals surface area contributed by atoms with Crippen molar-refractivity contribution in [1.29, 1.82) is 0 Å². The molecule has 1 aromatic heterocycles. The van der Waals surface area contributed by atoms with E-state index in [2.05, 4.69) is 86.4 Å². The molecular formula is C23H20N4. The maximum atomic E-state index is 4.52. The molecule has 0 unspecified atom stereocenters. The van der Waals surface area contributed by atoms with E-state index >= 15 is 0 Å². The molecule has 0 radical (unpaired) electrons. The second-order valence-corrected chi connectivity index (χ2v) is 6.79. The van der Waals surface area contributed by atoms with Crippen LogP contribution >= 0.6 is 0 Å². The summed E-state index contributed by atoms with van der Waals surface area (Å²) < 4.78 is 2.22. The molecule has 27 heavy (non-hydrogen) atoms. The lowest BCUT2D eigenvalue weighted by atomic mass is 10.1. The molecule has 1 aliphatic rings. The molecule has 4 heteroatoms. The van der Waals surface area contributed by atoms with Crippen LogP contribution < -0.4 is 4.90 Å². The van der Waals surface area contributed by atoms with Gasteiger partial charge >= 0.3 is 0 Å². The van der Waals surface area contributed by atoms with Crippen molar-refractivity contribution in [2.75, 3.05) is 11.4 Å². The number of rotatable bonds is 3. The first-order chi connectivity index (χ1) is 13.4. The van der Waals surface area contributed by atoms with Gasteiger partial charge < -0.3 is 4.90 Å². The minimum atomic E-state index is 0.862. The number of fused-ring (bicyclic) bond motifs is 3. The minimum absolute atomic E-state index is 0.862. The van der Waals surface area contributed by atoms with E-state index in [-0.39, 0.29) is 0 Å². The highest BCUT2D eigenvalue weighted by molar-refractivity contribution is 5.69. The van der Waals surface area contributed by atoms with Crippen molar-refractivity contribution in [3.63, 3.8) is 0 Å². The van der Waals surface area contributed by atoms with Gasteiger partial charge in [0.15, 0.2) is 5.82 Å². The Hall–Kier alpha value is -3.40. The lowest BCUT2D eigenvalue weighted by molar-refractivity contribution is 0.765. The van der Waals surface area contributed by atoms with Crippen molar-refractivity contribution < 1.29 is 0 Å². The number of para-hydroxylation sites is 2. The van der Waals surface area contributed by atoms with Gasteiger partial charge in [-0.3, -0.25) is 4.57 Å². The normalized spacial score (nSPS) is 13.0. The molecule has 0 amide bonds. The number of hydrogen-bond donors (Lipinski definition) is 0. The first-order valence-electron chi connectivity index (χ1n) is 9.28. The maximum Gasteiger partial charge on any atom is 0.168 e. The largest absolute Gasteiger partial charge is 0.365 e. The summed E-state index contributed by atoms with van der Waals surface area (Å²) in [4.78, 5) is 2.44. The molecule has 0 spiro atoms. The average molecular weight is 352 g/mol. The molecule has 0 saturated heterocycles. The van der Waals surface area contributed by atoms with Crippen LogP contribution in [0.3, 0.4) is 0 Å². The summed E-state index contributed by atoms with van der Waals surface area (Å²) in [6.45, 7) is 1.80. The van der Waals surface area contributed by atoms with E-state index in [0.29, 0.717) is 0 Å². The highest BCUT2D eigenvalue weighted by Crippen LogP contribution is 2.33. The van der Waals surface area contributed by atoms with E-state index in [0.717, 1.165) is 42.4 Å². The average Bonchev–Trinajstić information content (AvgIpc) is 3.10. The standard InChI is InChI=1S/C23H20N4/c1-3-9-18(10-4-1)17-26-16-15-22-24-25-23(19-11-5-2-6-12-19)27(22)21-14-8-7-13-20(21)26/h1-14H,15-17H2. The van der Waals surface area contributed by atoms with Crippen LogP contribution in [0.1, 0.15) is 11.4 Å². The molecule has 132 valence electrons. The molecule has 5 rings (SSSR count). The van der Waals surface area contributed by atoms with Crippen molar-refractivity contribution in [3.8, 4) is 17.1 Å². The maximum absolute atomic E-state index is 4.52. The summed E-state index contributed by atoms with van der Waals surface area (Å²) in [5.74, 6) is 1.91. The minimum Gasteiger partial charge on any atom is -0.365 e. The van der Waals surface area contributed by atoms with Crippen LogP contribution in [0.4, 0.5) is 5.69 Å². The molecular weight excluding hydrogens is 332 g/mol. The first-order valence-corrected chi connectivity index (χ1v) is 9.28. The zero-order chi connectivity index (χ0) is 18.1. The van der Waals surface area contributed by atoms with Gasteiger partial charge in [-0.15, -0.1) is 10.2 Å². The summed E-state index contributed by atoms with van der Waals surface area (Å²) in [5, 5.41) is 9.03. The number of benzene rings is 3. The topological polar surface area (TPSA) is 34.0 Å². The molecule has 4 aromatic rings. The quantitative estimate of drug-likeness (QED) is 0.544. The molecule has 0 N–H and O–H groups in total. The van der Waals surface area contributed by atoms with Gasteiger partial charge in [-0.05, 0) is 17.7 Å². The lowest BCUT2D eigenvalue weighted by Gasteiger charge is -2.25. The Morgan fingerprint density at radius 1 is 0.704 bits per heavy atom. The van der Waals surface area contributed by atoms with Crippen LogP contribution in [0.15, 0.2) is 84.9 Å². The van der Waals surface area contributed by atoms with Gasteiger partial charge in [0.05, 0.1) is 11.4 Å². The Kier molecular flexibility index (Phi) is 3.94. The van der Waals surface area contributed by atoms with Crippen molar-refractivity contribution in [1.82, 2.24) is 14.8 Å². The fourth-order valence-electron chi connectivity index (χ4n) is 3.75. The number of hydrogen-bond acceptors (Lipinski definition) is 3.